The van der Waals surface area contributed by atoms with Crippen LogP contribution in [0.2, 0.25) is 0 Å². The van der Waals surface area contributed by atoms with Gasteiger partial charge in [0.25, 0.3) is 0 Å². The lowest BCUT2D eigenvalue weighted by atomic mass is 9.80. The standard InChI is InChI=1S/C23H39N5OS/c1-22(2)15-20(16-23(3,4)26-22)25-21(30)28(18-19-7-5-8-24-17-19)10-6-9-27-11-13-29-14-12-27/h5,7-8,17,20,26H,6,9-16,18H2,1-4H3,(H,25,30). The van der Waals surface area contributed by atoms with Crippen LogP contribution in [0.25, 0.3) is 0 Å². The molecule has 0 aromatic carbocycles. The second kappa shape index (κ2) is 10.4. The molecule has 2 fully saturated rings. The maximum atomic E-state index is 5.92. The highest BCUT2D eigenvalue weighted by molar-refractivity contribution is 7.80. The molecule has 7 heteroatoms. The third-order valence-corrected chi connectivity index (χ3v) is 6.28. The fraction of sp³-hybridized carbons (Fsp3) is 0.739. The second-order valence-corrected chi connectivity index (χ2v) is 10.4. The van der Waals surface area contributed by atoms with Gasteiger partial charge in [-0.1, -0.05) is 6.07 Å². The van der Waals surface area contributed by atoms with Crippen molar-refractivity contribution in [3.63, 3.8) is 0 Å². The Bertz CT molecular complexity index is 659. The van der Waals surface area contributed by atoms with E-state index in [1.165, 1.54) is 5.56 Å². The third-order valence-electron chi connectivity index (χ3n) is 5.91. The summed E-state index contributed by atoms with van der Waals surface area (Å²) in [6.45, 7) is 15.7. The van der Waals surface area contributed by atoms with Crippen LogP contribution in [0.15, 0.2) is 24.5 Å². The molecule has 2 saturated heterocycles. The first-order valence-corrected chi connectivity index (χ1v) is 11.7. The topological polar surface area (TPSA) is 52.7 Å². The van der Waals surface area contributed by atoms with E-state index in [1.54, 1.807) is 0 Å². The van der Waals surface area contributed by atoms with Crippen LogP contribution in [-0.4, -0.2) is 76.4 Å². The van der Waals surface area contributed by atoms with Gasteiger partial charge in [0.2, 0.25) is 0 Å². The molecule has 0 saturated carbocycles. The summed E-state index contributed by atoms with van der Waals surface area (Å²) in [6, 6.07) is 4.50. The van der Waals surface area contributed by atoms with E-state index < -0.39 is 0 Å². The van der Waals surface area contributed by atoms with Crippen LogP contribution in [0, 0.1) is 0 Å². The summed E-state index contributed by atoms with van der Waals surface area (Å²) >= 11 is 5.92. The SMILES string of the molecule is CC1(C)CC(NC(=S)N(CCCN2CCOCC2)Cc2cccnc2)CC(C)(C)N1. The monoisotopic (exact) mass is 433 g/mol. The number of pyridine rings is 1. The van der Waals surface area contributed by atoms with Gasteiger partial charge in [-0.15, -0.1) is 0 Å². The lowest BCUT2D eigenvalue weighted by Crippen LogP contribution is -2.62. The van der Waals surface area contributed by atoms with Crippen LogP contribution in [0.1, 0.15) is 52.5 Å². The Morgan fingerprint density at radius 3 is 2.60 bits per heavy atom. The smallest absolute Gasteiger partial charge is 0.169 e. The van der Waals surface area contributed by atoms with Crippen molar-refractivity contribution < 1.29 is 4.74 Å². The molecule has 0 amide bonds. The molecule has 0 unspecified atom stereocenters. The average Bonchev–Trinajstić information content (AvgIpc) is 2.66. The maximum absolute atomic E-state index is 5.92. The zero-order chi connectivity index (χ0) is 21.6. The zero-order valence-corrected chi connectivity index (χ0v) is 19.9. The summed E-state index contributed by atoms with van der Waals surface area (Å²) in [5, 5.41) is 8.32. The van der Waals surface area contributed by atoms with E-state index in [0.717, 1.165) is 70.3 Å². The van der Waals surface area contributed by atoms with Gasteiger partial charge in [-0.2, -0.15) is 0 Å². The Balaban J connectivity index is 1.60. The van der Waals surface area contributed by atoms with E-state index >= 15 is 0 Å². The molecule has 0 aliphatic carbocycles. The molecule has 2 N–H and O–H groups in total. The van der Waals surface area contributed by atoms with Gasteiger partial charge < -0.3 is 20.3 Å². The first kappa shape index (κ1) is 23.4. The van der Waals surface area contributed by atoms with Crippen molar-refractivity contribution in [2.45, 2.75) is 70.6 Å². The fourth-order valence-electron chi connectivity index (χ4n) is 4.96. The fourth-order valence-corrected chi connectivity index (χ4v) is 5.29. The Kier molecular flexibility index (Phi) is 8.07. The molecule has 6 nitrogen and oxygen atoms in total. The van der Waals surface area contributed by atoms with E-state index in [-0.39, 0.29) is 11.1 Å². The summed E-state index contributed by atoms with van der Waals surface area (Å²) in [7, 11) is 0. The van der Waals surface area contributed by atoms with Gasteiger partial charge in [-0.3, -0.25) is 9.88 Å². The number of thiocarbonyl (C=S) groups is 1. The van der Waals surface area contributed by atoms with Gasteiger partial charge in [-0.25, -0.2) is 0 Å². The first-order chi connectivity index (χ1) is 14.2. The van der Waals surface area contributed by atoms with Crippen molar-refractivity contribution in [1.82, 2.24) is 25.4 Å². The summed E-state index contributed by atoms with van der Waals surface area (Å²) < 4.78 is 5.47. The van der Waals surface area contributed by atoms with Gasteiger partial charge >= 0.3 is 0 Å². The number of nitrogens with zero attached hydrogens (tertiary/aromatic N) is 3. The molecule has 2 aliphatic rings. The number of nitrogens with one attached hydrogen (secondary N) is 2. The molecule has 0 bridgehead atoms. The van der Waals surface area contributed by atoms with Gasteiger partial charge in [0.1, 0.15) is 0 Å². The number of hydrogen-bond acceptors (Lipinski definition) is 5. The molecule has 0 radical (unpaired) electrons. The van der Waals surface area contributed by atoms with Crippen molar-refractivity contribution in [3.05, 3.63) is 30.1 Å². The van der Waals surface area contributed by atoms with Crippen molar-refractivity contribution in [1.29, 1.82) is 0 Å². The van der Waals surface area contributed by atoms with Crippen LogP contribution in [0.5, 0.6) is 0 Å². The molecule has 1 aromatic rings. The Morgan fingerprint density at radius 2 is 1.97 bits per heavy atom. The maximum Gasteiger partial charge on any atom is 0.169 e. The van der Waals surface area contributed by atoms with E-state index in [4.69, 9.17) is 17.0 Å². The predicted octanol–water partition coefficient (Wildman–Crippen LogP) is 2.79. The highest BCUT2D eigenvalue weighted by Gasteiger charge is 2.38. The Labute approximate surface area is 187 Å². The zero-order valence-electron chi connectivity index (χ0n) is 19.1. The highest BCUT2D eigenvalue weighted by atomic mass is 32.1. The number of rotatable bonds is 7. The molecule has 0 atom stereocenters. The Morgan fingerprint density at radius 1 is 1.27 bits per heavy atom. The second-order valence-electron chi connectivity index (χ2n) is 10.0. The lowest BCUT2D eigenvalue weighted by molar-refractivity contribution is 0.0367. The van der Waals surface area contributed by atoms with Crippen LogP contribution < -0.4 is 10.6 Å². The summed E-state index contributed by atoms with van der Waals surface area (Å²) in [6.07, 6.45) is 6.97. The average molecular weight is 434 g/mol. The quantitative estimate of drug-likeness (QED) is 0.641. The predicted molar refractivity (Wildman–Crippen MR) is 127 cm³/mol. The number of morpholine rings is 1. The minimum atomic E-state index is 0.0968. The molecule has 2 aliphatic heterocycles. The molecule has 3 rings (SSSR count). The van der Waals surface area contributed by atoms with E-state index in [2.05, 4.69) is 59.2 Å². The molecule has 1 aromatic heterocycles. The van der Waals surface area contributed by atoms with E-state index in [0.29, 0.717) is 6.04 Å². The molecule has 3 heterocycles. The molecule has 0 spiro atoms. The summed E-state index contributed by atoms with van der Waals surface area (Å²) in [4.78, 5) is 9.08. The number of hydrogen-bond donors (Lipinski definition) is 2. The highest BCUT2D eigenvalue weighted by Crippen LogP contribution is 2.28. The number of piperidine rings is 1. The van der Waals surface area contributed by atoms with Gasteiger partial charge in [0, 0.05) is 62.2 Å². The summed E-state index contributed by atoms with van der Waals surface area (Å²) in [5.74, 6) is 0. The van der Waals surface area contributed by atoms with E-state index in [1.807, 2.05) is 18.5 Å². The van der Waals surface area contributed by atoms with Crippen molar-refractivity contribution in [2.75, 3.05) is 39.4 Å². The normalized spacial score (nSPS) is 21.9. The first-order valence-electron chi connectivity index (χ1n) is 11.3. The van der Waals surface area contributed by atoms with Crippen molar-refractivity contribution in [3.8, 4) is 0 Å². The van der Waals surface area contributed by atoms with Gasteiger partial charge in [0.05, 0.1) is 13.2 Å². The summed E-state index contributed by atoms with van der Waals surface area (Å²) in [5.41, 5.74) is 1.39. The van der Waals surface area contributed by atoms with Crippen molar-refractivity contribution in [2.24, 2.45) is 0 Å². The van der Waals surface area contributed by atoms with Crippen LogP contribution in [0.4, 0.5) is 0 Å². The minimum Gasteiger partial charge on any atom is -0.379 e. The van der Waals surface area contributed by atoms with Gasteiger partial charge in [-0.05, 0) is 70.8 Å². The van der Waals surface area contributed by atoms with Crippen LogP contribution >= 0.6 is 12.2 Å². The molecule has 30 heavy (non-hydrogen) atoms. The molecular formula is C23H39N5OS. The van der Waals surface area contributed by atoms with Crippen molar-refractivity contribution >= 4 is 17.3 Å². The molecular weight excluding hydrogens is 394 g/mol. The largest absolute Gasteiger partial charge is 0.379 e. The van der Waals surface area contributed by atoms with Crippen LogP contribution in [-0.2, 0) is 11.3 Å². The number of aromatic nitrogens is 1. The minimum absolute atomic E-state index is 0.0968. The molecule has 168 valence electrons. The third kappa shape index (κ3) is 7.45. The van der Waals surface area contributed by atoms with Crippen LogP contribution in [0.3, 0.4) is 0 Å². The number of ether oxygens (including phenoxy) is 1. The Hall–Kier alpha value is -1.28. The van der Waals surface area contributed by atoms with E-state index in [9.17, 15) is 0 Å². The van der Waals surface area contributed by atoms with Gasteiger partial charge in [0.15, 0.2) is 5.11 Å². The lowest BCUT2D eigenvalue weighted by Gasteiger charge is -2.47.